The van der Waals surface area contributed by atoms with Crippen LogP contribution < -0.4 is 0 Å². The number of hydrogen-bond donors (Lipinski definition) is 0. The van der Waals surface area contributed by atoms with E-state index in [1.165, 1.54) is 12.8 Å². The van der Waals surface area contributed by atoms with Crippen LogP contribution in [0.4, 0.5) is 0 Å². The molecule has 116 valence electrons. The summed E-state index contributed by atoms with van der Waals surface area (Å²) < 4.78 is 5.86. The van der Waals surface area contributed by atoms with Gasteiger partial charge in [-0.25, -0.2) is 0 Å². The van der Waals surface area contributed by atoms with Crippen molar-refractivity contribution in [3.63, 3.8) is 0 Å². The van der Waals surface area contributed by atoms with E-state index in [-0.39, 0.29) is 17.5 Å². The second-order valence-electron chi connectivity index (χ2n) is 7.37. The topological polar surface area (TPSA) is 29.5 Å². The molecule has 0 aromatic carbocycles. The molecule has 0 aliphatic heterocycles. The minimum atomic E-state index is -0.00789. The Morgan fingerprint density at radius 2 is 1.90 bits per heavy atom. The molecule has 2 aliphatic carbocycles. The van der Waals surface area contributed by atoms with E-state index in [0.717, 1.165) is 32.0 Å². The van der Waals surface area contributed by atoms with Crippen molar-refractivity contribution in [2.75, 3.05) is 19.6 Å². The molecule has 3 heteroatoms. The Labute approximate surface area is 124 Å². The maximum absolute atomic E-state index is 12.1. The maximum Gasteiger partial charge on any atom is 0.307 e. The zero-order valence-electron chi connectivity index (χ0n) is 13.9. The quantitative estimate of drug-likeness (QED) is 0.698. The molecular weight excluding hydrogens is 250 g/mol. The molecule has 0 spiro atoms. The highest BCUT2D eigenvalue weighted by molar-refractivity contribution is 5.70. The fraction of sp³-hybridized carbons (Fsp3) is 0.941. The molecule has 0 heterocycles. The summed E-state index contributed by atoms with van der Waals surface area (Å²) in [5.41, 5.74) is 0.499. The number of fused-ring (bicyclic) bond motifs is 2. The van der Waals surface area contributed by atoms with Crippen LogP contribution in [0.15, 0.2) is 0 Å². The van der Waals surface area contributed by atoms with E-state index in [1.807, 2.05) is 0 Å². The Balaban J connectivity index is 1.87. The van der Waals surface area contributed by atoms with Gasteiger partial charge in [0.15, 0.2) is 0 Å². The number of hydrogen-bond acceptors (Lipinski definition) is 3. The van der Waals surface area contributed by atoms with Crippen LogP contribution in [0.25, 0.3) is 0 Å². The first-order chi connectivity index (χ1) is 9.35. The number of esters is 1. The zero-order chi connectivity index (χ0) is 15.0. The summed E-state index contributed by atoms with van der Waals surface area (Å²) in [5, 5.41) is 0. The minimum Gasteiger partial charge on any atom is -0.462 e. The SMILES string of the molecule is CCN(CC)CCC(=O)O[C@@H]1C[C@@H]2CC[C@@]1(C)C2(C)C. The highest BCUT2D eigenvalue weighted by atomic mass is 16.5. The van der Waals surface area contributed by atoms with E-state index < -0.39 is 0 Å². The van der Waals surface area contributed by atoms with Gasteiger partial charge in [-0.2, -0.15) is 0 Å². The van der Waals surface area contributed by atoms with Gasteiger partial charge in [-0.1, -0.05) is 34.6 Å². The minimum absolute atomic E-state index is 0.00789. The molecule has 20 heavy (non-hydrogen) atoms. The Kier molecular flexibility index (Phi) is 4.48. The van der Waals surface area contributed by atoms with Crippen molar-refractivity contribution in [1.29, 1.82) is 0 Å². The number of rotatable bonds is 6. The second-order valence-corrected chi connectivity index (χ2v) is 7.37. The molecule has 0 radical (unpaired) electrons. The van der Waals surface area contributed by atoms with Crippen LogP contribution in [0.5, 0.6) is 0 Å². The number of carbonyl (C=O) groups excluding carboxylic acids is 1. The summed E-state index contributed by atoms with van der Waals surface area (Å²) in [6.07, 6.45) is 4.25. The average Bonchev–Trinajstić information content (AvgIpc) is 2.73. The second kappa shape index (κ2) is 5.67. The molecule has 0 saturated heterocycles. The lowest BCUT2D eigenvalue weighted by atomic mass is 9.70. The van der Waals surface area contributed by atoms with Crippen molar-refractivity contribution in [2.24, 2.45) is 16.7 Å². The van der Waals surface area contributed by atoms with Crippen LogP contribution in [-0.4, -0.2) is 36.6 Å². The highest BCUT2D eigenvalue weighted by Crippen LogP contribution is 2.66. The van der Waals surface area contributed by atoms with Crippen LogP contribution >= 0.6 is 0 Å². The molecule has 0 aromatic heterocycles. The predicted molar refractivity (Wildman–Crippen MR) is 81.5 cm³/mol. The molecule has 0 aromatic rings. The Morgan fingerprint density at radius 1 is 1.25 bits per heavy atom. The molecule has 2 saturated carbocycles. The third kappa shape index (κ3) is 2.49. The van der Waals surface area contributed by atoms with Crippen molar-refractivity contribution >= 4 is 5.97 Å². The first-order valence-electron chi connectivity index (χ1n) is 8.27. The molecule has 2 aliphatic rings. The molecule has 3 nitrogen and oxygen atoms in total. The molecule has 0 amide bonds. The lowest BCUT2D eigenvalue weighted by Gasteiger charge is -2.38. The van der Waals surface area contributed by atoms with Crippen LogP contribution in [0.2, 0.25) is 0 Å². The third-order valence-corrected chi connectivity index (χ3v) is 6.51. The van der Waals surface area contributed by atoms with Gasteiger partial charge in [0.1, 0.15) is 6.10 Å². The van der Waals surface area contributed by atoms with Crippen LogP contribution in [0.1, 0.15) is 60.3 Å². The van der Waals surface area contributed by atoms with E-state index in [2.05, 4.69) is 39.5 Å². The van der Waals surface area contributed by atoms with Crippen LogP contribution in [-0.2, 0) is 9.53 Å². The fourth-order valence-electron chi connectivity index (χ4n) is 4.32. The van der Waals surface area contributed by atoms with Gasteiger partial charge >= 0.3 is 5.97 Å². The lowest BCUT2D eigenvalue weighted by Crippen LogP contribution is -2.38. The molecular formula is C17H31NO2. The van der Waals surface area contributed by atoms with E-state index in [9.17, 15) is 4.79 Å². The van der Waals surface area contributed by atoms with Crippen molar-refractivity contribution < 1.29 is 9.53 Å². The maximum atomic E-state index is 12.1. The van der Waals surface area contributed by atoms with Crippen molar-refractivity contribution in [1.82, 2.24) is 4.90 Å². The fourth-order valence-corrected chi connectivity index (χ4v) is 4.32. The van der Waals surface area contributed by atoms with Gasteiger partial charge in [0.2, 0.25) is 0 Å². The van der Waals surface area contributed by atoms with Gasteiger partial charge in [0.05, 0.1) is 6.42 Å². The standard InChI is InChI=1S/C17H31NO2/c1-6-18(7-2)11-9-15(19)20-14-12-13-8-10-17(14,5)16(13,3)4/h13-14H,6-12H2,1-5H3/t13-,14+,17+/m0/s1. The Bertz CT molecular complexity index is 362. The molecule has 2 rings (SSSR count). The van der Waals surface area contributed by atoms with Gasteiger partial charge in [-0.05, 0) is 43.7 Å². The summed E-state index contributed by atoms with van der Waals surface area (Å²) >= 11 is 0. The first-order valence-corrected chi connectivity index (χ1v) is 8.27. The van der Waals surface area contributed by atoms with Crippen LogP contribution in [0, 0.1) is 16.7 Å². The van der Waals surface area contributed by atoms with Gasteiger partial charge in [-0.15, -0.1) is 0 Å². The van der Waals surface area contributed by atoms with E-state index in [4.69, 9.17) is 4.74 Å². The average molecular weight is 281 g/mol. The van der Waals surface area contributed by atoms with Gasteiger partial charge in [-0.3, -0.25) is 4.79 Å². The van der Waals surface area contributed by atoms with Crippen molar-refractivity contribution in [3.05, 3.63) is 0 Å². The summed E-state index contributed by atoms with van der Waals surface area (Å²) in [4.78, 5) is 14.4. The summed E-state index contributed by atoms with van der Waals surface area (Å²) in [5.74, 6) is 0.722. The van der Waals surface area contributed by atoms with Crippen molar-refractivity contribution in [3.8, 4) is 0 Å². The van der Waals surface area contributed by atoms with E-state index >= 15 is 0 Å². The Hall–Kier alpha value is -0.570. The Morgan fingerprint density at radius 3 is 2.35 bits per heavy atom. The zero-order valence-corrected chi connectivity index (χ0v) is 13.9. The molecule has 0 unspecified atom stereocenters. The van der Waals surface area contributed by atoms with Gasteiger partial charge in [0.25, 0.3) is 0 Å². The summed E-state index contributed by atoms with van der Waals surface area (Å²) in [7, 11) is 0. The predicted octanol–water partition coefficient (Wildman–Crippen LogP) is 3.48. The van der Waals surface area contributed by atoms with Crippen molar-refractivity contribution in [2.45, 2.75) is 66.4 Å². The lowest BCUT2D eigenvalue weighted by molar-refractivity contribution is -0.157. The molecule has 2 fully saturated rings. The van der Waals surface area contributed by atoms with Gasteiger partial charge < -0.3 is 9.64 Å². The van der Waals surface area contributed by atoms with E-state index in [1.54, 1.807) is 0 Å². The highest BCUT2D eigenvalue weighted by Gasteiger charge is 2.62. The number of ether oxygens (including phenoxy) is 1. The number of carbonyl (C=O) groups is 1. The molecule has 3 atom stereocenters. The first kappa shape index (κ1) is 15.8. The van der Waals surface area contributed by atoms with Crippen LogP contribution in [0.3, 0.4) is 0 Å². The monoisotopic (exact) mass is 281 g/mol. The largest absolute Gasteiger partial charge is 0.462 e. The summed E-state index contributed by atoms with van der Waals surface area (Å²) in [6, 6.07) is 0. The molecule has 2 bridgehead atoms. The van der Waals surface area contributed by atoms with E-state index in [0.29, 0.717) is 11.8 Å². The smallest absolute Gasteiger partial charge is 0.307 e. The van der Waals surface area contributed by atoms with Gasteiger partial charge in [0, 0.05) is 12.0 Å². The number of nitrogens with zero attached hydrogens (tertiary/aromatic N) is 1. The normalized spacial score (nSPS) is 34.7. The third-order valence-electron chi connectivity index (χ3n) is 6.51. The molecule has 0 N–H and O–H groups in total. The summed E-state index contributed by atoms with van der Waals surface area (Å²) in [6.45, 7) is 14.1.